The normalized spacial score (nSPS) is 22.9. The number of aromatic nitrogens is 1. The Morgan fingerprint density at radius 1 is 1.23 bits per heavy atom. The number of carbonyl (C=O) groups is 3. The van der Waals surface area contributed by atoms with E-state index in [0.29, 0.717) is 11.3 Å². The summed E-state index contributed by atoms with van der Waals surface area (Å²) in [5.74, 6) is -0.487. The molecule has 2 aromatic rings. The molecule has 1 aromatic carbocycles. The van der Waals surface area contributed by atoms with E-state index >= 15 is 0 Å². The van der Waals surface area contributed by atoms with Gasteiger partial charge in [0.1, 0.15) is 29.1 Å². The van der Waals surface area contributed by atoms with Crippen molar-refractivity contribution in [2.45, 2.75) is 30.0 Å². The summed E-state index contributed by atoms with van der Waals surface area (Å²) in [7, 11) is 0. The first kappa shape index (κ1) is 20.0. The van der Waals surface area contributed by atoms with E-state index in [2.05, 4.69) is 10.2 Å². The van der Waals surface area contributed by atoms with Crippen LogP contribution < -0.4 is 4.74 Å². The second kappa shape index (κ2) is 7.49. The van der Waals surface area contributed by atoms with Gasteiger partial charge in [-0.2, -0.15) is 0 Å². The Morgan fingerprint density at radius 3 is 2.57 bits per heavy atom. The van der Waals surface area contributed by atoms with E-state index in [4.69, 9.17) is 4.74 Å². The zero-order valence-corrected chi connectivity index (χ0v) is 17.0. The fraction of sp³-hybridized carbons (Fsp3) is 0.238. The van der Waals surface area contributed by atoms with Gasteiger partial charge in [0.2, 0.25) is 0 Å². The van der Waals surface area contributed by atoms with Gasteiger partial charge >= 0.3 is 5.97 Å². The van der Waals surface area contributed by atoms with Crippen LogP contribution in [-0.2, 0) is 9.59 Å². The Labute approximate surface area is 176 Å². The molecule has 152 valence electrons. The van der Waals surface area contributed by atoms with Gasteiger partial charge in [-0.3, -0.25) is 9.78 Å². The number of esters is 1. The number of benzene rings is 1. The Kier molecular flexibility index (Phi) is 4.98. The number of hydrogen-bond donors (Lipinski definition) is 0. The first-order chi connectivity index (χ1) is 14.3. The van der Waals surface area contributed by atoms with Crippen molar-refractivity contribution in [2.24, 2.45) is 5.18 Å². The Morgan fingerprint density at radius 2 is 1.97 bits per heavy atom. The lowest BCUT2D eigenvalue weighted by Crippen LogP contribution is -2.56. The third-order valence-electron chi connectivity index (χ3n) is 5.03. The number of hydrogen-bond acceptors (Lipinski definition) is 8. The van der Waals surface area contributed by atoms with Crippen LogP contribution in [0.4, 0.5) is 5.69 Å². The summed E-state index contributed by atoms with van der Waals surface area (Å²) < 4.78 is 4.89. The summed E-state index contributed by atoms with van der Waals surface area (Å²) in [6, 6.07) is 8.58. The second-order valence-corrected chi connectivity index (χ2v) is 9.15. The molecule has 0 spiro atoms. The lowest BCUT2D eigenvalue weighted by Gasteiger charge is -2.38. The highest BCUT2D eigenvalue weighted by molar-refractivity contribution is 8.01. The van der Waals surface area contributed by atoms with Crippen LogP contribution in [0.2, 0.25) is 0 Å². The molecule has 1 aromatic heterocycles. The molecule has 0 saturated carbocycles. The molecule has 0 radical (unpaired) electrons. The highest BCUT2D eigenvalue weighted by Crippen LogP contribution is 2.52. The van der Waals surface area contributed by atoms with Gasteiger partial charge in [-0.25, -0.2) is 4.79 Å². The summed E-state index contributed by atoms with van der Waals surface area (Å²) in [5.41, 5.74) is 1.60. The molecule has 9 heteroatoms. The minimum atomic E-state index is -0.596. The monoisotopic (exact) mass is 423 g/mol. The van der Waals surface area contributed by atoms with Crippen molar-refractivity contribution in [3.63, 3.8) is 0 Å². The molecular formula is C21H17N3O5S. The fourth-order valence-electron chi connectivity index (χ4n) is 3.40. The number of nitroso groups, excluding NO2 is 1. The quantitative estimate of drug-likeness (QED) is 0.181. The lowest BCUT2D eigenvalue weighted by molar-refractivity contribution is -0.139. The lowest BCUT2D eigenvalue weighted by atomic mass is 9.96. The van der Waals surface area contributed by atoms with Crippen LogP contribution in [0.15, 0.2) is 53.3 Å². The van der Waals surface area contributed by atoms with Crippen molar-refractivity contribution >= 4 is 41.7 Å². The molecule has 0 bridgehead atoms. The third-order valence-corrected chi connectivity index (χ3v) is 6.59. The molecule has 4 rings (SSSR count). The molecule has 1 amide bonds. The Balaban J connectivity index is 1.46. The topological polar surface area (TPSA) is 106 Å². The van der Waals surface area contributed by atoms with E-state index in [1.807, 2.05) is 13.8 Å². The largest absolute Gasteiger partial charge is 0.423 e. The molecule has 2 saturated heterocycles. The third kappa shape index (κ3) is 3.41. The Bertz CT molecular complexity index is 1060. The van der Waals surface area contributed by atoms with Gasteiger partial charge in [0.25, 0.3) is 5.91 Å². The Hall–Kier alpha value is -3.33. The van der Waals surface area contributed by atoms with Crippen LogP contribution in [0, 0.1) is 4.91 Å². The molecule has 0 N–H and O–H groups in total. The van der Waals surface area contributed by atoms with E-state index in [1.54, 1.807) is 34.9 Å². The van der Waals surface area contributed by atoms with Crippen LogP contribution in [0.1, 0.15) is 29.9 Å². The molecule has 2 fully saturated rings. The number of β-lactam (4-membered cyclic amide) rings is 1. The van der Waals surface area contributed by atoms with Crippen LogP contribution in [0.25, 0.3) is 6.08 Å². The average molecular weight is 423 g/mol. The van der Waals surface area contributed by atoms with Crippen LogP contribution in [0.5, 0.6) is 5.75 Å². The zero-order chi connectivity index (χ0) is 21.5. The molecule has 30 heavy (non-hydrogen) atoms. The zero-order valence-electron chi connectivity index (χ0n) is 16.1. The highest BCUT2D eigenvalue weighted by Gasteiger charge is 2.58. The average Bonchev–Trinajstić information content (AvgIpc) is 3.00. The highest BCUT2D eigenvalue weighted by atomic mass is 32.2. The number of fused-ring (bicyclic) bond motifs is 1. The summed E-state index contributed by atoms with van der Waals surface area (Å²) in [5, 5.41) is 2.62. The van der Waals surface area contributed by atoms with Gasteiger partial charge in [-0.05, 0) is 61.5 Å². The van der Waals surface area contributed by atoms with Crippen molar-refractivity contribution < 1.29 is 19.1 Å². The minimum Gasteiger partial charge on any atom is -0.423 e. The van der Waals surface area contributed by atoms with E-state index in [1.165, 1.54) is 30.5 Å². The summed E-state index contributed by atoms with van der Waals surface area (Å²) >= 11 is 1.57. The number of ether oxygens (including phenoxy) is 1. The van der Waals surface area contributed by atoms with Crippen molar-refractivity contribution in [2.75, 3.05) is 0 Å². The molecule has 8 nitrogen and oxygen atoms in total. The van der Waals surface area contributed by atoms with Gasteiger partial charge in [0.05, 0.1) is 16.8 Å². The number of thioether (sulfide) groups is 1. The number of pyridine rings is 1. The van der Waals surface area contributed by atoms with Crippen molar-refractivity contribution in [3.05, 3.63) is 64.3 Å². The second-order valence-electron chi connectivity index (χ2n) is 7.41. The number of aldehydes is 1. The molecule has 2 atom stereocenters. The van der Waals surface area contributed by atoms with Gasteiger partial charge in [-0.1, -0.05) is 0 Å². The fourth-order valence-corrected chi connectivity index (χ4v) is 4.92. The van der Waals surface area contributed by atoms with E-state index < -0.39 is 12.0 Å². The number of nitrogens with zero attached hydrogens (tertiary/aromatic N) is 3. The summed E-state index contributed by atoms with van der Waals surface area (Å²) in [6.45, 7) is 3.89. The predicted molar refractivity (Wildman–Crippen MR) is 111 cm³/mol. The molecule has 3 heterocycles. The maximum Gasteiger partial charge on any atom is 0.345 e. The number of carbonyl (C=O) groups excluding carboxylic acids is 3. The maximum atomic E-state index is 12.5. The van der Waals surface area contributed by atoms with Gasteiger partial charge in [-0.15, -0.1) is 16.7 Å². The standard InChI is InChI=1S/C21H17N3O5S/c1-21(2)17(11-25)24-18(26)16(19(24)30-21)9-14-4-3-12(10-22-14)20(27)29-15-7-5-13(23-28)6-8-15/h3-11,17,19H,1-2H3/b16-9-/t17-,19?/m0/s1. The van der Waals surface area contributed by atoms with Crippen LogP contribution in [-0.4, -0.2) is 44.2 Å². The summed E-state index contributed by atoms with van der Waals surface area (Å²) in [4.78, 5) is 52.4. The van der Waals surface area contributed by atoms with Gasteiger partial charge in [0, 0.05) is 10.9 Å². The van der Waals surface area contributed by atoms with Crippen molar-refractivity contribution in [1.82, 2.24) is 9.88 Å². The number of amides is 1. The minimum absolute atomic E-state index is 0.169. The van der Waals surface area contributed by atoms with Crippen LogP contribution in [0.3, 0.4) is 0 Å². The van der Waals surface area contributed by atoms with Crippen LogP contribution >= 0.6 is 11.8 Å². The maximum absolute atomic E-state index is 12.5. The smallest absolute Gasteiger partial charge is 0.345 e. The molecular weight excluding hydrogens is 406 g/mol. The molecule has 1 unspecified atom stereocenters. The molecule has 2 aliphatic rings. The first-order valence-corrected chi connectivity index (χ1v) is 10.0. The SMILES string of the molecule is CC1(C)SC2/C(=C\c3ccc(C(=O)Oc4ccc(N=O)cc4)cn3)C(=O)N2[C@H]1C=O. The number of rotatable bonds is 5. The molecule has 2 aliphatic heterocycles. The van der Waals surface area contributed by atoms with Gasteiger partial charge in [0.15, 0.2) is 0 Å². The van der Waals surface area contributed by atoms with Crippen molar-refractivity contribution in [1.29, 1.82) is 0 Å². The summed E-state index contributed by atoms with van der Waals surface area (Å²) in [6.07, 6.45) is 3.88. The van der Waals surface area contributed by atoms with E-state index in [-0.39, 0.29) is 33.0 Å². The molecule has 0 aliphatic carbocycles. The van der Waals surface area contributed by atoms with Crippen molar-refractivity contribution in [3.8, 4) is 5.75 Å². The first-order valence-electron chi connectivity index (χ1n) is 9.13. The van der Waals surface area contributed by atoms with Gasteiger partial charge < -0.3 is 14.4 Å². The van der Waals surface area contributed by atoms with E-state index in [0.717, 1.165) is 6.29 Å². The van der Waals surface area contributed by atoms with E-state index in [9.17, 15) is 19.3 Å². The predicted octanol–water partition coefficient (Wildman–Crippen LogP) is 3.34.